The number of amides is 2. The number of carbonyl (C=O) groups excluding carboxylic acids is 2. The molecule has 0 bridgehead atoms. The average molecular weight is 429 g/mol. The molecule has 1 aromatic carbocycles. The summed E-state index contributed by atoms with van der Waals surface area (Å²) in [4.78, 5) is 26.6. The molecular formula is C17H19BrClN3O3. The molecule has 6 nitrogen and oxygen atoms in total. The summed E-state index contributed by atoms with van der Waals surface area (Å²) in [6, 6.07) is 10.2. The monoisotopic (exact) mass is 427 g/mol. The number of nitrogens with one attached hydrogen (secondary N) is 1. The topological polar surface area (TPSA) is 88.6 Å². The molecule has 1 aromatic heterocycles. The Hall–Kier alpha value is -1.83. The number of nitrogens with zero attached hydrogens (tertiary/aromatic N) is 1. The molecule has 3 rings (SSSR count). The van der Waals surface area contributed by atoms with Gasteiger partial charge >= 0.3 is 0 Å². The fraction of sp³-hybridized carbons (Fsp3) is 0.294. The van der Waals surface area contributed by atoms with E-state index in [1.807, 2.05) is 4.90 Å². The first kappa shape index (κ1) is 19.5. The van der Waals surface area contributed by atoms with E-state index in [1.165, 1.54) is 0 Å². The largest absolute Gasteiger partial charge is 0.444 e. The second-order valence-electron chi connectivity index (χ2n) is 5.67. The lowest BCUT2D eigenvalue weighted by Gasteiger charge is -2.23. The van der Waals surface area contributed by atoms with Gasteiger partial charge in [-0.1, -0.05) is 6.07 Å². The third-order valence-corrected chi connectivity index (χ3v) is 4.50. The number of likely N-dealkylation sites (tertiary alicyclic amines) is 1. The smallest absolute Gasteiger partial charge is 0.291 e. The van der Waals surface area contributed by atoms with Crippen LogP contribution in [-0.2, 0) is 0 Å². The van der Waals surface area contributed by atoms with Crippen molar-refractivity contribution in [1.82, 2.24) is 4.90 Å². The highest BCUT2D eigenvalue weighted by molar-refractivity contribution is 9.10. The molecule has 1 saturated heterocycles. The minimum absolute atomic E-state index is 0. The van der Waals surface area contributed by atoms with Crippen LogP contribution in [0.3, 0.4) is 0 Å². The molecule has 8 heteroatoms. The van der Waals surface area contributed by atoms with Crippen molar-refractivity contribution in [2.45, 2.75) is 18.9 Å². The number of hydrogen-bond acceptors (Lipinski definition) is 4. The zero-order valence-corrected chi connectivity index (χ0v) is 15.8. The fourth-order valence-corrected chi connectivity index (χ4v) is 3.18. The molecule has 0 saturated carbocycles. The molecule has 25 heavy (non-hydrogen) atoms. The molecule has 2 heterocycles. The summed E-state index contributed by atoms with van der Waals surface area (Å²) in [5.74, 6) is -0.229. The van der Waals surface area contributed by atoms with E-state index < -0.39 is 0 Å². The minimum Gasteiger partial charge on any atom is -0.444 e. The molecule has 1 fully saturated rings. The van der Waals surface area contributed by atoms with E-state index in [4.69, 9.17) is 10.2 Å². The maximum Gasteiger partial charge on any atom is 0.291 e. The van der Waals surface area contributed by atoms with Crippen LogP contribution in [0.1, 0.15) is 33.8 Å². The lowest BCUT2D eigenvalue weighted by atomic mass is 10.1. The Balaban J connectivity index is 0.00000225. The molecule has 3 N–H and O–H groups in total. The molecule has 0 spiro atoms. The molecule has 1 atom stereocenters. The summed E-state index contributed by atoms with van der Waals surface area (Å²) >= 11 is 3.16. The van der Waals surface area contributed by atoms with Gasteiger partial charge in [0.2, 0.25) is 0 Å². The average Bonchev–Trinajstić information content (AvgIpc) is 3.23. The predicted octanol–water partition coefficient (Wildman–Crippen LogP) is 3.28. The Morgan fingerprint density at radius 1 is 1.32 bits per heavy atom. The number of furan rings is 1. The van der Waals surface area contributed by atoms with Gasteiger partial charge in [-0.3, -0.25) is 9.59 Å². The van der Waals surface area contributed by atoms with Crippen molar-refractivity contribution in [2.75, 3.05) is 18.4 Å². The molecule has 1 aliphatic rings. The van der Waals surface area contributed by atoms with E-state index in [2.05, 4.69) is 21.2 Å². The highest BCUT2D eigenvalue weighted by Gasteiger charge is 2.28. The van der Waals surface area contributed by atoms with E-state index in [1.54, 1.807) is 36.4 Å². The number of halogens is 2. The molecule has 2 amide bonds. The Bertz CT molecular complexity index is 765. The van der Waals surface area contributed by atoms with Crippen LogP contribution in [0.4, 0.5) is 5.69 Å². The first-order valence-corrected chi connectivity index (χ1v) is 8.55. The fourth-order valence-electron chi connectivity index (χ4n) is 2.87. The van der Waals surface area contributed by atoms with Gasteiger partial charge in [0.15, 0.2) is 10.4 Å². The van der Waals surface area contributed by atoms with Crippen molar-refractivity contribution >= 4 is 45.8 Å². The molecule has 2 aromatic rings. The maximum atomic E-state index is 12.7. The highest BCUT2D eigenvalue weighted by atomic mass is 79.9. The molecule has 1 aliphatic heterocycles. The molecular weight excluding hydrogens is 410 g/mol. The third kappa shape index (κ3) is 4.42. The number of rotatable bonds is 4. The normalized spacial score (nSPS) is 16.4. The van der Waals surface area contributed by atoms with Gasteiger partial charge in [-0.25, -0.2) is 0 Å². The van der Waals surface area contributed by atoms with Crippen LogP contribution in [0.15, 0.2) is 45.5 Å². The van der Waals surface area contributed by atoms with Crippen molar-refractivity contribution in [3.63, 3.8) is 0 Å². The number of nitrogens with two attached hydrogens (primary N) is 1. The standard InChI is InChI=1S/C17H18BrN3O3.ClH/c18-15-7-6-14(24-15)16(22)20-12-4-1-3-11(9-12)17(23)21-8-2-5-13(21)10-19;/h1,3-4,6-7,9,13H,2,5,8,10,19H2,(H,20,22);1H. The van der Waals surface area contributed by atoms with Gasteiger partial charge < -0.3 is 20.4 Å². The number of hydrogen-bond donors (Lipinski definition) is 2. The van der Waals surface area contributed by atoms with Crippen molar-refractivity contribution < 1.29 is 14.0 Å². The third-order valence-electron chi connectivity index (χ3n) is 4.07. The van der Waals surface area contributed by atoms with Gasteiger partial charge in [-0.15, -0.1) is 12.4 Å². The summed E-state index contributed by atoms with van der Waals surface area (Å²) in [5.41, 5.74) is 6.82. The maximum absolute atomic E-state index is 12.7. The molecule has 0 aliphatic carbocycles. The van der Waals surface area contributed by atoms with Crippen LogP contribution in [0.5, 0.6) is 0 Å². The number of benzene rings is 1. The van der Waals surface area contributed by atoms with Gasteiger partial charge in [0.1, 0.15) is 0 Å². The van der Waals surface area contributed by atoms with Crippen LogP contribution in [-0.4, -0.2) is 35.8 Å². The van der Waals surface area contributed by atoms with E-state index in [0.29, 0.717) is 22.5 Å². The lowest BCUT2D eigenvalue weighted by molar-refractivity contribution is 0.0741. The van der Waals surface area contributed by atoms with Gasteiger partial charge in [0.25, 0.3) is 11.8 Å². The quantitative estimate of drug-likeness (QED) is 0.782. The zero-order chi connectivity index (χ0) is 17.1. The lowest BCUT2D eigenvalue weighted by Crippen LogP contribution is -2.39. The van der Waals surface area contributed by atoms with Crippen LogP contribution in [0, 0.1) is 0 Å². The predicted molar refractivity (Wildman–Crippen MR) is 101 cm³/mol. The molecule has 1 unspecified atom stereocenters. The number of carbonyl (C=O) groups is 2. The summed E-state index contributed by atoms with van der Waals surface area (Å²) in [7, 11) is 0. The van der Waals surface area contributed by atoms with E-state index in [9.17, 15) is 9.59 Å². The van der Waals surface area contributed by atoms with Crippen LogP contribution < -0.4 is 11.1 Å². The van der Waals surface area contributed by atoms with E-state index >= 15 is 0 Å². The Morgan fingerprint density at radius 2 is 2.12 bits per heavy atom. The molecule has 134 valence electrons. The van der Waals surface area contributed by atoms with Crippen LogP contribution in [0.25, 0.3) is 0 Å². The van der Waals surface area contributed by atoms with E-state index in [0.717, 1.165) is 19.4 Å². The van der Waals surface area contributed by atoms with Crippen LogP contribution in [0.2, 0.25) is 0 Å². The zero-order valence-electron chi connectivity index (χ0n) is 13.4. The first-order chi connectivity index (χ1) is 11.6. The van der Waals surface area contributed by atoms with Crippen LogP contribution >= 0.6 is 28.3 Å². The van der Waals surface area contributed by atoms with Gasteiger partial charge in [-0.2, -0.15) is 0 Å². The van der Waals surface area contributed by atoms with Crippen molar-refractivity contribution in [3.05, 3.63) is 52.4 Å². The highest BCUT2D eigenvalue weighted by Crippen LogP contribution is 2.21. The first-order valence-electron chi connectivity index (χ1n) is 7.76. The SMILES string of the molecule is Cl.NCC1CCCN1C(=O)c1cccc(NC(=O)c2ccc(Br)o2)c1. The summed E-state index contributed by atoms with van der Waals surface area (Å²) in [6.07, 6.45) is 1.91. The Kier molecular flexibility index (Phi) is 6.64. The van der Waals surface area contributed by atoms with Gasteiger partial charge in [0, 0.05) is 30.4 Å². The van der Waals surface area contributed by atoms with Crippen molar-refractivity contribution in [2.24, 2.45) is 5.73 Å². The van der Waals surface area contributed by atoms with Gasteiger partial charge in [0.05, 0.1) is 0 Å². The second-order valence-corrected chi connectivity index (χ2v) is 6.45. The Morgan fingerprint density at radius 3 is 2.80 bits per heavy atom. The van der Waals surface area contributed by atoms with Gasteiger partial charge in [-0.05, 0) is 59.1 Å². The second kappa shape index (κ2) is 8.51. The van der Waals surface area contributed by atoms with E-state index in [-0.39, 0.29) is 36.0 Å². The Labute approximate surface area is 160 Å². The minimum atomic E-state index is -0.369. The molecule has 0 radical (unpaired) electrons. The van der Waals surface area contributed by atoms with Crippen molar-refractivity contribution in [3.8, 4) is 0 Å². The summed E-state index contributed by atoms with van der Waals surface area (Å²) in [5, 5.41) is 2.73. The van der Waals surface area contributed by atoms with Crippen molar-refractivity contribution in [1.29, 1.82) is 0 Å². The number of anilines is 1. The summed E-state index contributed by atoms with van der Waals surface area (Å²) < 4.78 is 5.71. The summed E-state index contributed by atoms with van der Waals surface area (Å²) in [6.45, 7) is 1.19.